The Morgan fingerprint density at radius 1 is 1.21 bits per heavy atom. The molecule has 3 aromatic rings. The monoisotopic (exact) mass is 474 g/mol. The lowest BCUT2D eigenvalue weighted by Crippen LogP contribution is -2.20. The first-order valence-corrected chi connectivity index (χ1v) is 11.9. The number of aromatic nitrogens is 1. The van der Waals surface area contributed by atoms with Gasteiger partial charge in [0.05, 0.1) is 0 Å². The van der Waals surface area contributed by atoms with Gasteiger partial charge >= 0.3 is 0 Å². The number of ketones is 1. The number of pyridine rings is 1. The Hall–Kier alpha value is -3.38. The average Bonchev–Trinajstić information content (AvgIpc) is 3.32. The molecule has 3 aliphatic rings. The fourth-order valence-electron chi connectivity index (χ4n) is 5.14. The SMILES string of the molecule is Cc1cc(Cl)ccc1CC(=O)C[C@@H]1[C@H]2Oc3ccc(Oc4ccnc5c4CCC(=O)N5)cc3[C@@H]12. The summed E-state index contributed by atoms with van der Waals surface area (Å²) in [7, 11) is 0. The summed E-state index contributed by atoms with van der Waals surface area (Å²) >= 11 is 6.03. The van der Waals surface area contributed by atoms with Crippen molar-refractivity contribution in [1.82, 2.24) is 4.98 Å². The summed E-state index contributed by atoms with van der Waals surface area (Å²) in [5.41, 5.74) is 4.07. The lowest BCUT2D eigenvalue weighted by Gasteiger charge is -2.19. The summed E-state index contributed by atoms with van der Waals surface area (Å²) in [6.07, 6.45) is 3.63. The highest BCUT2D eigenvalue weighted by Crippen LogP contribution is 2.60. The largest absolute Gasteiger partial charge is 0.489 e. The molecule has 0 radical (unpaired) electrons. The lowest BCUT2D eigenvalue weighted by atomic mass is 9.99. The first-order valence-electron chi connectivity index (χ1n) is 11.5. The second-order valence-corrected chi connectivity index (χ2v) is 9.69. The van der Waals surface area contributed by atoms with Gasteiger partial charge in [-0.3, -0.25) is 9.59 Å². The number of hydrogen-bond donors (Lipinski definition) is 1. The number of amides is 1. The van der Waals surface area contributed by atoms with E-state index in [2.05, 4.69) is 10.3 Å². The van der Waals surface area contributed by atoms with Crippen LogP contribution in [0.1, 0.15) is 41.0 Å². The van der Waals surface area contributed by atoms with Crippen LogP contribution in [0.2, 0.25) is 5.02 Å². The quantitative estimate of drug-likeness (QED) is 0.517. The summed E-state index contributed by atoms with van der Waals surface area (Å²) < 4.78 is 12.3. The third kappa shape index (κ3) is 3.82. The van der Waals surface area contributed by atoms with E-state index in [0.29, 0.717) is 48.0 Å². The van der Waals surface area contributed by atoms with E-state index in [4.69, 9.17) is 21.1 Å². The van der Waals surface area contributed by atoms with Crippen molar-refractivity contribution in [2.45, 2.75) is 44.6 Å². The molecule has 1 amide bonds. The van der Waals surface area contributed by atoms with Gasteiger partial charge in [0.2, 0.25) is 5.91 Å². The van der Waals surface area contributed by atoms with E-state index in [1.807, 2.05) is 49.4 Å². The predicted octanol–water partition coefficient (Wildman–Crippen LogP) is 5.40. The van der Waals surface area contributed by atoms with E-state index in [0.717, 1.165) is 28.0 Å². The molecule has 34 heavy (non-hydrogen) atoms. The van der Waals surface area contributed by atoms with E-state index >= 15 is 0 Å². The number of carbonyl (C=O) groups excluding carboxylic acids is 2. The Morgan fingerprint density at radius 3 is 2.94 bits per heavy atom. The molecule has 172 valence electrons. The molecule has 3 atom stereocenters. The number of anilines is 1. The highest BCUT2D eigenvalue weighted by atomic mass is 35.5. The summed E-state index contributed by atoms with van der Waals surface area (Å²) in [5.74, 6) is 3.44. The van der Waals surface area contributed by atoms with Gasteiger partial charge in [-0.25, -0.2) is 4.98 Å². The number of fused-ring (bicyclic) bond motifs is 4. The Kier molecular flexibility index (Phi) is 5.06. The standard InChI is InChI=1S/C27H23ClN2O4/c1-14-10-16(28)3-2-15(14)11-17(31)12-21-25-20-13-18(4-6-22(20)34-26(21)25)33-23-8-9-29-27-19(23)5-7-24(32)30-27/h2-4,6,8-10,13,21,25-26H,5,7,11-12H2,1H3,(H,29,30,32)/t21-,25-,26+/m0/s1. The van der Waals surface area contributed by atoms with Gasteiger partial charge in [0.15, 0.2) is 0 Å². The first-order chi connectivity index (χ1) is 16.5. The van der Waals surface area contributed by atoms with Crippen molar-refractivity contribution in [3.8, 4) is 17.2 Å². The smallest absolute Gasteiger partial charge is 0.225 e. The van der Waals surface area contributed by atoms with Gasteiger partial charge in [0.25, 0.3) is 0 Å². The molecule has 1 fully saturated rings. The molecule has 0 unspecified atom stereocenters. The fraction of sp³-hybridized carbons (Fsp3) is 0.296. The van der Waals surface area contributed by atoms with Gasteiger partial charge in [0.1, 0.15) is 35.0 Å². The van der Waals surface area contributed by atoms with Crippen LogP contribution in [-0.2, 0) is 22.4 Å². The van der Waals surface area contributed by atoms with Gasteiger partial charge in [-0.1, -0.05) is 17.7 Å². The number of Topliss-reactive ketones (excluding diaryl/α,β-unsaturated/α-hetero) is 1. The minimum absolute atomic E-state index is 0.0292. The number of carbonyl (C=O) groups is 2. The van der Waals surface area contributed by atoms with Crippen LogP contribution in [0, 0.1) is 12.8 Å². The molecule has 6 rings (SSSR count). The molecule has 0 saturated heterocycles. The maximum atomic E-state index is 12.8. The number of rotatable bonds is 6. The van der Waals surface area contributed by atoms with Crippen LogP contribution in [0.5, 0.6) is 17.2 Å². The first kappa shape index (κ1) is 21.2. The van der Waals surface area contributed by atoms with Crippen molar-refractivity contribution < 1.29 is 19.1 Å². The molecular weight excluding hydrogens is 452 g/mol. The van der Waals surface area contributed by atoms with Crippen molar-refractivity contribution in [3.05, 3.63) is 75.9 Å². The van der Waals surface area contributed by atoms with Crippen LogP contribution in [0.3, 0.4) is 0 Å². The minimum atomic E-state index is -0.0292. The summed E-state index contributed by atoms with van der Waals surface area (Å²) in [5, 5.41) is 3.49. The van der Waals surface area contributed by atoms with Crippen LogP contribution < -0.4 is 14.8 Å². The Bertz CT molecular complexity index is 1340. The molecule has 6 nitrogen and oxygen atoms in total. The van der Waals surface area contributed by atoms with E-state index in [-0.39, 0.29) is 29.6 Å². The highest BCUT2D eigenvalue weighted by Gasteiger charge is 2.59. The molecule has 0 bridgehead atoms. The molecule has 1 aliphatic carbocycles. The predicted molar refractivity (Wildman–Crippen MR) is 128 cm³/mol. The summed E-state index contributed by atoms with van der Waals surface area (Å²) in [6.45, 7) is 1.98. The molecule has 7 heteroatoms. The van der Waals surface area contributed by atoms with Crippen LogP contribution in [-0.4, -0.2) is 22.8 Å². The lowest BCUT2D eigenvalue weighted by molar-refractivity contribution is -0.119. The zero-order valence-electron chi connectivity index (χ0n) is 18.6. The van der Waals surface area contributed by atoms with Crippen molar-refractivity contribution in [2.75, 3.05) is 5.32 Å². The van der Waals surface area contributed by atoms with Gasteiger partial charge in [0, 0.05) is 53.4 Å². The van der Waals surface area contributed by atoms with Gasteiger partial charge in [-0.05, 0) is 60.9 Å². The molecule has 1 aromatic heterocycles. The number of benzene rings is 2. The van der Waals surface area contributed by atoms with Gasteiger partial charge < -0.3 is 14.8 Å². The van der Waals surface area contributed by atoms with E-state index < -0.39 is 0 Å². The summed E-state index contributed by atoms with van der Waals surface area (Å²) in [4.78, 5) is 28.7. The Balaban J connectivity index is 1.15. The molecule has 0 spiro atoms. The Labute approximate surface area is 202 Å². The van der Waals surface area contributed by atoms with Gasteiger partial charge in [-0.15, -0.1) is 0 Å². The molecule has 1 saturated carbocycles. The Morgan fingerprint density at radius 2 is 2.09 bits per heavy atom. The third-order valence-electron chi connectivity index (χ3n) is 6.96. The van der Waals surface area contributed by atoms with E-state index in [9.17, 15) is 9.59 Å². The molecule has 2 aliphatic heterocycles. The molecule has 1 N–H and O–H groups in total. The third-order valence-corrected chi connectivity index (χ3v) is 7.19. The molecule has 2 aromatic carbocycles. The topological polar surface area (TPSA) is 77.5 Å². The van der Waals surface area contributed by atoms with Crippen LogP contribution >= 0.6 is 11.6 Å². The minimum Gasteiger partial charge on any atom is -0.489 e. The highest BCUT2D eigenvalue weighted by molar-refractivity contribution is 6.30. The van der Waals surface area contributed by atoms with Gasteiger partial charge in [-0.2, -0.15) is 0 Å². The molecule has 3 heterocycles. The van der Waals surface area contributed by atoms with Crippen molar-refractivity contribution >= 4 is 29.1 Å². The molecular formula is C27H23ClN2O4. The van der Waals surface area contributed by atoms with E-state index in [1.54, 1.807) is 6.20 Å². The van der Waals surface area contributed by atoms with Crippen molar-refractivity contribution in [3.63, 3.8) is 0 Å². The van der Waals surface area contributed by atoms with Crippen LogP contribution in [0.25, 0.3) is 0 Å². The number of halogens is 1. The number of hydrogen-bond acceptors (Lipinski definition) is 5. The second-order valence-electron chi connectivity index (χ2n) is 9.25. The maximum Gasteiger partial charge on any atom is 0.225 e. The normalized spacial score (nSPS) is 21.6. The zero-order chi connectivity index (χ0) is 23.4. The number of ether oxygens (including phenoxy) is 2. The zero-order valence-corrected chi connectivity index (χ0v) is 19.4. The fourth-order valence-corrected chi connectivity index (χ4v) is 5.37. The number of aryl methyl sites for hydroxylation is 1. The van der Waals surface area contributed by atoms with Crippen molar-refractivity contribution in [1.29, 1.82) is 0 Å². The average molecular weight is 475 g/mol. The number of nitrogens with zero attached hydrogens (tertiary/aromatic N) is 1. The van der Waals surface area contributed by atoms with E-state index in [1.165, 1.54) is 0 Å². The summed E-state index contributed by atoms with van der Waals surface area (Å²) in [6, 6.07) is 13.3. The number of nitrogens with one attached hydrogen (secondary N) is 1. The van der Waals surface area contributed by atoms with Crippen molar-refractivity contribution in [2.24, 2.45) is 5.92 Å². The van der Waals surface area contributed by atoms with Crippen LogP contribution in [0.15, 0.2) is 48.7 Å². The van der Waals surface area contributed by atoms with Crippen LogP contribution in [0.4, 0.5) is 5.82 Å². The maximum absolute atomic E-state index is 12.8. The second kappa shape index (κ2) is 8.13.